The van der Waals surface area contributed by atoms with Gasteiger partial charge < -0.3 is 5.84 Å². The minimum atomic E-state index is -4.78. The number of alkyl halides is 6. The van der Waals surface area contributed by atoms with Gasteiger partial charge in [0.05, 0.1) is 40.1 Å². The van der Waals surface area contributed by atoms with Crippen LogP contribution in [0.3, 0.4) is 0 Å². The van der Waals surface area contributed by atoms with Crippen molar-refractivity contribution >= 4 is 5.71 Å². The summed E-state index contributed by atoms with van der Waals surface area (Å²) in [5, 5.41) is 21.8. The van der Waals surface area contributed by atoms with Gasteiger partial charge in [-0.3, -0.25) is 0 Å². The summed E-state index contributed by atoms with van der Waals surface area (Å²) in [7, 11) is 0. The molecule has 0 amide bonds. The summed E-state index contributed by atoms with van der Waals surface area (Å²) < 4.78 is 85.1. The first-order valence-electron chi connectivity index (χ1n) is 12.1. The monoisotopic (exact) mass is 562 g/mol. The maximum atomic E-state index is 14.2. The van der Waals surface area contributed by atoms with Crippen molar-refractivity contribution < 1.29 is 26.3 Å². The van der Waals surface area contributed by atoms with Crippen LogP contribution in [0, 0.1) is 22.7 Å². The van der Waals surface area contributed by atoms with E-state index in [0.717, 1.165) is 24.3 Å². The van der Waals surface area contributed by atoms with E-state index in [2.05, 4.69) is 5.10 Å². The van der Waals surface area contributed by atoms with Crippen LogP contribution in [0.5, 0.6) is 0 Å². The van der Waals surface area contributed by atoms with Crippen LogP contribution in [0.2, 0.25) is 0 Å². The van der Waals surface area contributed by atoms with Gasteiger partial charge in [-0.15, -0.1) is 0 Å². The quantitative estimate of drug-likeness (QED) is 0.115. The van der Waals surface area contributed by atoms with Crippen molar-refractivity contribution in [3.05, 3.63) is 141 Å². The zero-order chi connectivity index (χ0) is 29.8. The Morgan fingerprint density at radius 3 is 1.27 bits per heavy atom. The minimum absolute atomic E-state index is 0.0768. The fourth-order valence-corrected chi connectivity index (χ4v) is 4.62. The minimum Gasteiger partial charge on any atom is -0.323 e. The van der Waals surface area contributed by atoms with E-state index in [1.165, 1.54) is 60.7 Å². The van der Waals surface area contributed by atoms with Gasteiger partial charge in [0.1, 0.15) is 0 Å². The molecule has 0 aliphatic rings. The molecule has 0 unspecified atom stereocenters. The summed E-state index contributed by atoms with van der Waals surface area (Å²) in [5.74, 6) is 5.71. The number of nitriles is 2. The molecule has 206 valence electrons. The summed E-state index contributed by atoms with van der Waals surface area (Å²) in [5.41, 5.74) is -1.29. The molecule has 0 radical (unpaired) electrons. The van der Waals surface area contributed by atoms with E-state index in [1.807, 2.05) is 12.1 Å². The molecule has 4 rings (SSSR count). The first kappa shape index (κ1) is 28.9. The Morgan fingerprint density at radius 2 is 0.976 bits per heavy atom. The Hall–Kier alpha value is -5.09. The molecule has 0 saturated carbocycles. The lowest BCUT2D eigenvalue weighted by molar-refractivity contribution is -0.139. The summed E-state index contributed by atoms with van der Waals surface area (Å²) in [6, 6.07) is 22.5. The Kier molecular flexibility index (Phi) is 8.16. The smallest absolute Gasteiger partial charge is 0.323 e. The highest BCUT2D eigenvalue weighted by molar-refractivity contribution is 6.15. The number of nitrogens with two attached hydrogens (primary N) is 1. The van der Waals surface area contributed by atoms with Crippen molar-refractivity contribution in [1.29, 1.82) is 10.5 Å². The molecule has 0 aliphatic heterocycles. The molecule has 0 bridgehead atoms. The lowest BCUT2D eigenvalue weighted by Crippen LogP contribution is -2.19. The third-order valence-electron chi connectivity index (χ3n) is 6.53. The van der Waals surface area contributed by atoms with Gasteiger partial charge in [-0.25, -0.2) is 0 Å². The van der Waals surface area contributed by atoms with Gasteiger partial charge in [0.25, 0.3) is 0 Å². The number of nitrogens with zero attached hydrogens (tertiary/aromatic N) is 3. The van der Waals surface area contributed by atoms with E-state index in [4.69, 9.17) is 16.4 Å². The third kappa shape index (κ3) is 6.39. The number of benzene rings is 4. The van der Waals surface area contributed by atoms with Gasteiger partial charge in [0.2, 0.25) is 0 Å². The van der Waals surface area contributed by atoms with Gasteiger partial charge in [0, 0.05) is 11.1 Å². The molecule has 0 saturated heterocycles. The molecular formula is C31H20F6N4. The second kappa shape index (κ2) is 11.6. The molecule has 41 heavy (non-hydrogen) atoms. The Labute approximate surface area is 231 Å². The normalized spacial score (nSPS) is 11.4. The Balaban J connectivity index is 1.93. The lowest BCUT2D eigenvalue weighted by Gasteiger charge is -2.21. The molecule has 10 heteroatoms. The van der Waals surface area contributed by atoms with E-state index in [9.17, 15) is 26.3 Å². The Bertz CT molecular complexity index is 1550. The van der Waals surface area contributed by atoms with Crippen molar-refractivity contribution in [2.24, 2.45) is 10.9 Å². The zero-order valence-corrected chi connectivity index (χ0v) is 21.2. The summed E-state index contributed by atoms with van der Waals surface area (Å²) in [4.78, 5) is 0. The second-order valence-corrected chi connectivity index (χ2v) is 9.11. The molecule has 0 fully saturated rings. The summed E-state index contributed by atoms with van der Waals surface area (Å²) in [6.07, 6.45) is -10.1. The first-order valence-corrected chi connectivity index (χ1v) is 12.1. The van der Waals surface area contributed by atoms with Crippen LogP contribution in [0.1, 0.15) is 55.6 Å². The maximum absolute atomic E-state index is 14.2. The highest BCUT2D eigenvalue weighted by atomic mass is 19.4. The molecule has 0 spiro atoms. The second-order valence-electron chi connectivity index (χ2n) is 9.11. The van der Waals surface area contributed by atoms with Crippen LogP contribution >= 0.6 is 0 Å². The van der Waals surface area contributed by atoms with Crippen LogP contribution in [0.25, 0.3) is 0 Å². The standard InChI is InChI=1S/C31H20F6N4/c32-30(33,34)27-5-1-3-23(25(27)15-19-7-11-21(17-38)12-8-19)29(41-40)24-4-2-6-28(31(35,36)37)26(24)16-20-9-13-22(18-39)14-10-20/h1-14H,15-16,40H2. The SMILES string of the molecule is N#Cc1ccc(Cc2c(C(=NN)c3cccc(C(F)(F)F)c3Cc3ccc(C#N)cc3)cccc2C(F)(F)F)cc1. The Morgan fingerprint density at radius 1 is 0.610 bits per heavy atom. The first-order chi connectivity index (χ1) is 19.5. The van der Waals surface area contributed by atoms with Crippen LogP contribution < -0.4 is 5.84 Å². The predicted molar refractivity (Wildman–Crippen MR) is 141 cm³/mol. The highest BCUT2D eigenvalue weighted by Gasteiger charge is 2.37. The molecule has 4 aromatic rings. The van der Waals surface area contributed by atoms with Crippen molar-refractivity contribution in [2.75, 3.05) is 0 Å². The van der Waals surface area contributed by atoms with E-state index in [1.54, 1.807) is 0 Å². The van der Waals surface area contributed by atoms with Crippen molar-refractivity contribution in [3.63, 3.8) is 0 Å². The molecule has 4 nitrogen and oxygen atoms in total. The van der Waals surface area contributed by atoms with Crippen molar-refractivity contribution in [3.8, 4) is 12.1 Å². The van der Waals surface area contributed by atoms with Gasteiger partial charge in [-0.2, -0.15) is 42.0 Å². The third-order valence-corrected chi connectivity index (χ3v) is 6.53. The molecular weight excluding hydrogens is 542 g/mol. The van der Waals surface area contributed by atoms with Crippen LogP contribution in [-0.4, -0.2) is 5.71 Å². The lowest BCUT2D eigenvalue weighted by atomic mass is 9.85. The number of hydrazone groups is 1. The highest BCUT2D eigenvalue weighted by Crippen LogP contribution is 2.38. The van der Waals surface area contributed by atoms with E-state index < -0.39 is 23.5 Å². The van der Waals surface area contributed by atoms with Gasteiger partial charge in [0.15, 0.2) is 0 Å². The van der Waals surface area contributed by atoms with Crippen LogP contribution in [-0.2, 0) is 25.2 Å². The van der Waals surface area contributed by atoms with Gasteiger partial charge in [-0.1, -0.05) is 48.5 Å². The van der Waals surface area contributed by atoms with E-state index >= 15 is 0 Å². The summed E-state index contributed by atoms with van der Waals surface area (Å²) in [6.45, 7) is 0. The average Bonchev–Trinajstić information content (AvgIpc) is 2.94. The predicted octanol–water partition coefficient (Wildman–Crippen LogP) is 7.36. The van der Waals surface area contributed by atoms with Gasteiger partial charge in [-0.05, 0) is 71.5 Å². The maximum Gasteiger partial charge on any atom is 0.416 e. The molecule has 0 aliphatic carbocycles. The zero-order valence-electron chi connectivity index (χ0n) is 21.2. The fraction of sp³-hybridized carbons (Fsp3) is 0.129. The molecule has 4 aromatic carbocycles. The van der Waals surface area contributed by atoms with E-state index in [-0.39, 0.29) is 40.8 Å². The number of rotatable bonds is 6. The molecule has 0 aromatic heterocycles. The number of halogens is 6. The number of hydrogen-bond acceptors (Lipinski definition) is 4. The summed E-state index contributed by atoms with van der Waals surface area (Å²) >= 11 is 0. The van der Waals surface area contributed by atoms with Gasteiger partial charge >= 0.3 is 12.4 Å². The van der Waals surface area contributed by atoms with E-state index in [0.29, 0.717) is 22.3 Å². The molecule has 2 N–H and O–H groups in total. The molecule has 0 heterocycles. The molecule has 0 atom stereocenters. The topological polar surface area (TPSA) is 86.0 Å². The van der Waals surface area contributed by atoms with Crippen LogP contribution in [0.15, 0.2) is 90.0 Å². The van der Waals surface area contributed by atoms with Crippen molar-refractivity contribution in [2.45, 2.75) is 25.2 Å². The van der Waals surface area contributed by atoms with Crippen LogP contribution in [0.4, 0.5) is 26.3 Å². The fourth-order valence-electron chi connectivity index (χ4n) is 4.62. The largest absolute Gasteiger partial charge is 0.416 e. The average molecular weight is 563 g/mol. The number of hydrogen-bond donors (Lipinski definition) is 1. The van der Waals surface area contributed by atoms with Crippen molar-refractivity contribution in [1.82, 2.24) is 0 Å².